The van der Waals surface area contributed by atoms with E-state index in [9.17, 15) is 0 Å². The van der Waals surface area contributed by atoms with Gasteiger partial charge in [0, 0.05) is 14.7 Å². The largest absolute Gasteiger partial charge is 0.143 e. The van der Waals surface area contributed by atoms with Crippen LogP contribution in [0.15, 0.2) is 26.8 Å². The first kappa shape index (κ1) is 11.3. The molecule has 0 aromatic heterocycles. The third-order valence-electron chi connectivity index (χ3n) is 1.95. The summed E-state index contributed by atoms with van der Waals surface area (Å²) in [6.45, 7) is 4.34. The minimum atomic E-state index is 0.509. The van der Waals surface area contributed by atoms with E-state index in [0.717, 1.165) is 9.79 Å². The molecule has 0 spiro atoms. The van der Waals surface area contributed by atoms with E-state index in [-0.39, 0.29) is 0 Å². The summed E-state index contributed by atoms with van der Waals surface area (Å²) in [7, 11) is 0. The number of rotatable bonds is 2. The van der Waals surface area contributed by atoms with Crippen LogP contribution in [0.1, 0.15) is 25.3 Å². The van der Waals surface area contributed by atoms with E-state index in [1.807, 2.05) is 0 Å². The van der Waals surface area contributed by atoms with E-state index in [2.05, 4.69) is 57.5 Å². The molecule has 0 aliphatic carbocycles. The molecule has 0 fully saturated rings. The fourth-order valence-electron chi connectivity index (χ4n) is 1.20. The number of thioether (sulfide) groups is 1. The molecule has 0 aliphatic heterocycles. The maximum absolute atomic E-state index is 4.46. The molecular formula is C10H14S3. The summed E-state index contributed by atoms with van der Waals surface area (Å²) < 4.78 is 0. The predicted molar refractivity (Wildman–Crippen MR) is 66.8 cm³/mol. The first-order chi connectivity index (χ1) is 6.06. The van der Waals surface area contributed by atoms with Crippen LogP contribution in [0.3, 0.4) is 0 Å². The van der Waals surface area contributed by atoms with Gasteiger partial charge in [0.15, 0.2) is 0 Å². The van der Waals surface area contributed by atoms with Crippen LogP contribution >= 0.6 is 37.0 Å². The first-order valence-electron chi connectivity index (χ1n) is 4.16. The zero-order valence-corrected chi connectivity index (χ0v) is 10.6. The van der Waals surface area contributed by atoms with Crippen molar-refractivity contribution in [2.75, 3.05) is 6.26 Å². The lowest BCUT2D eigenvalue weighted by atomic mass is 10.0. The van der Waals surface area contributed by atoms with Crippen LogP contribution in [0.25, 0.3) is 0 Å². The normalized spacial score (nSPS) is 10.9. The monoisotopic (exact) mass is 230 g/mol. The van der Waals surface area contributed by atoms with Gasteiger partial charge in [0.05, 0.1) is 0 Å². The standard InChI is InChI=1S/C10H14S3/c1-6(2)7-4-9(12)10(13-3)5-8(7)11/h4-6,11-12H,1-3H3. The average Bonchev–Trinajstić information content (AvgIpc) is 2.07. The van der Waals surface area contributed by atoms with Gasteiger partial charge in [-0.05, 0) is 29.9 Å². The second-order valence-corrected chi connectivity index (χ2v) is 5.05. The lowest BCUT2D eigenvalue weighted by Crippen LogP contribution is -1.90. The Balaban J connectivity index is 3.20. The first-order valence-corrected chi connectivity index (χ1v) is 6.28. The Morgan fingerprint density at radius 3 is 2.23 bits per heavy atom. The third kappa shape index (κ3) is 2.61. The Kier molecular flexibility index (Phi) is 4.07. The van der Waals surface area contributed by atoms with Crippen LogP contribution in [0.2, 0.25) is 0 Å². The molecule has 1 rings (SSSR count). The van der Waals surface area contributed by atoms with Crippen molar-refractivity contribution in [3.63, 3.8) is 0 Å². The maximum Gasteiger partial charge on any atom is 0.0214 e. The van der Waals surface area contributed by atoms with Crippen molar-refractivity contribution in [3.05, 3.63) is 17.7 Å². The van der Waals surface area contributed by atoms with Gasteiger partial charge in [-0.25, -0.2) is 0 Å². The number of thiol groups is 2. The summed E-state index contributed by atoms with van der Waals surface area (Å²) in [5, 5.41) is 0. The van der Waals surface area contributed by atoms with Gasteiger partial charge >= 0.3 is 0 Å². The fourth-order valence-corrected chi connectivity index (χ4v) is 2.72. The zero-order valence-electron chi connectivity index (χ0n) is 8.03. The van der Waals surface area contributed by atoms with Crippen molar-refractivity contribution >= 4 is 37.0 Å². The van der Waals surface area contributed by atoms with E-state index >= 15 is 0 Å². The molecule has 0 bridgehead atoms. The minimum absolute atomic E-state index is 0.509. The number of hydrogen-bond acceptors (Lipinski definition) is 3. The molecule has 13 heavy (non-hydrogen) atoms. The summed E-state index contributed by atoms with van der Waals surface area (Å²) in [6, 6.07) is 4.20. The summed E-state index contributed by atoms with van der Waals surface area (Å²) in [4.78, 5) is 3.31. The van der Waals surface area contributed by atoms with Gasteiger partial charge in [0.2, 0.25) is 0 Å². The molecule has 0 saturated heterocycles. The summed E-state index contributed by atoms with van der Waals surface area (Å²) >= 11 is 10.6. The highest BCUT2D eigenvalue weighted by Crippen LogP contribution is 2.32. The summed E-state index contributed by atoms with van der Waals surface area (Å²) in [5.41, 5.74) is 1.27. The van der Waals surface area contributed by atoms with E-state index in [0.29, 0.717) is 5.92 Å². The van der Waals surface area contributed by atoms with Gasteiger partial charge in [-0.3, -0.25) is 0 Å². The third-order valence-corrected chi connectivity index (χ3v) is 3.64. The van der Waals surface area contributed by atoms with Crippen LogP contribution in [0, 0.1) is 0 Å². The Morgan fingerprint density at radius 1 is 1.15 bits per heavy atom. The molecule has 0 N–H and O–H groups in total. The molecule has 0 atom stereocenters. The molecule has 0 unspecified atom stereocenters. The Bertz CT molecular complexity index is 305. The van der Waals surface area contributed by atoms with E-state index in [1.54, 1.807) is 11.8 Å². The van der Waals surface area contributed by atoms with Crippen LogP contribution in [-0.4, -0.2) is 6.26 Å². The average molecular weight is 230 g/mol. The van der Waals surface area contributed by atoms with Gasteiger partial charge in [0.25, 0.3) is 0 Å². The van der Waals surface area contributed by atoms with Gasteiger partial charge in [0.1, 0.15) is 0 Å². The van der Waals surface area contributed by atoms with E-state index in [4.69, 9.17) is 0 Å². The van der Waals surface area contributed by atoms with Gasteiger partial charge in [-0.15, -0.1) is 37.0 Å². The van der Waals surface area contributed by atoms with Crippen molar-refractivity contribution in [2.24, 2.45) is 0 Å². The van der Waals surface area contributed by atoms with Gasteiger partial charge in [-0.1, -0.05) is 13.8 Å². The van der Waals surface area contributed by atoms with Crippen molar-refractivity contribution in [1.82, 2.24) is 0 Å². The van der Waals surface area contributed by atoms with Crippen molar-refractivity contribution in [3.8, 4) is 0 Å². The quantitative estimate of drug-likeness (QED) is 0.569. The predicted octanol–water partition coefficient (Wildman–Crippen LogP) is 4.11. The zero-order chi connectivity index (χ0) is 10.0. The van der Waals surface area contributed by atoms with Crippen LogP contribution < -0.4 is 0 Å². The van der Waals surface area contributed by atoms with Crippen LogP contribution in [-0.2, 0) is 0 Å². The molecule has 0 nitrogen and oxygen atoms in total. The molecule has 0 saturated carbocycles. The Hall–Kier alpha value is 0.270. The van der Waals surface area contributed by atoms with Crippen LogP contribution in [0.5, 0.6) is 0 Å². The maximum atomic E-state index is 4.46. The molecular weight excluding hydrogens is 216 g/mol. The molecule has 1 aromatic carbocycles. The summed E-state index contributed by atoms with van der Waals surface area (Å²) in [5.74, 6) is 0.509. The molecule has 0 heterocycles. The topological polar surface area (TPSA) is 0 Å². The Labute approximate surface area is 95.3 Å². The highest BCUT2D eigenvalue weighted by molar-refractivity contribution is 7.99. The molecule has 72 valence electrons. The van der Waals surface area contributed by atoms with Gasteiger partial charge < -0.3 is 0 Å². The van der Waals surface area contributed by atoms with Crippen LogP contribution in [0.4, 0.5) is 0 Å². The molecule has 0 aliphatic rings. The fraction of sp³-hybridized carbons (Fsp3) is 0.400. The summed E-state index contributed by atoms with van der Waals surface area (Å²) in [6.07, 6.45) is 2.05. The van der Waals surface area contributed by atoms with Gasteiger partial charge in [-0.2, -0.15) is 0 Å². The number of benzene rings is 1. The highest BCUT2D eigenvalue weighted by Gasteiger charge is 2.07. The molecule has 0 radical (unpaired) electrons. The molecule has 1 aromatic rings. The number of hydrogen-bond donors (Lipinski definition) is 2. The van der Waals surface area contributed by atoms with E-state index in [1.165, 1.54) is 10.5 Å². The lowest BCUT2D eigenvalue weighted by molar-refractivity contribution is 0.831. The van der Waals surface area contributed by atoms with Crippen molar-refractivity contribution in [2.45, 2.75) is 34.5 Å². The van der Waals surface area contributed by atoms with Crippen molar-refractivity contribution < 1.29 is 0 Å². The minimum Gasteiger partial charge on any atom is -0.143 e. The SMILES string of the molecule is CSc1cc(S)c(C(C)C)cc1S. The smallest absolute Gasteiger partial charge is 0.0214 e. The highest BCUT2D eigenvalue weighted by atomic mass is 32.2. The second-order valence-electron chi connectivity index (χ2n) is 3.24. The Morgan fingerprint density at radius 2 is 1.77 bits per heavy atom. The van der Waals surface area contributed by atoms with E-state index < -0.39 is 0 Å². The molecule has 3 heteroatoms. The van der Waals surface area contributed by atoms with Crippen molar-refractivity contribution in [1.29, 1.82) is 0 Å². The lowest BCUT2D eigenvalue weighted by Gasteiger charge is -2.12. The molecule has 0 amide bonds. The second kappa shape index (κ2) is 4.67.